The first-order valence-electron chi connectivity index (χ1n) is 8.20. The molecule has 2 N–H and O–H groups in total. The number of benzene rings is 2. The fraction of sp³-hybridized carbons (Fsp3) is 0.333. The van der Waals surface area contributed by atoms with Gasteiger partial charge in [0.15, 0.2) is 0 Å². The third-order valence-electron chi connectivity index (χ3n) is 3.83. The Hall–Kier alpha value is -2.80. The first-order chi connectivity index (χ1) is 12.0. The van der Waals surface area contributed by atoms with Crippen molar-refractivity contribution in [3.8, 4) is 17.2 Å². The topological polar surface area (TPSA) is 90.9 Å². The second-order valence-corrected chi connectivity index (χ2v) is 5.43. The molecule has 2 aromatic carbocycles. The van der Waals surface area contributed by atoms with E-state index in [1.165, 1.54) is 18.2 Å². The van der Waals surface area contributed by atoms with Crippen molar-refractivity contribution in [2.75, 3.05) is 32.0 Å². The predicted molar refractivity (Wildman–Crippen MR) is 97.3 cm³/mol. The van der Waals surface area contributed by atoms with Crippen LogP contribution in [0.25, 0.3) is 0 Å². The van der Waals surface area contributed by atoms with E-state index in [1.807, 2.05) is 12.1 Å². The first-order valence-corrected chi connectivity index (χ1v) is 8.20. The summed E-state index contributed by atoms with van der Waals surface area (Å²) in [7, 11) is 0. The third kappa shape index (κ3) is 5.36. The van der Waals surface area contributed by atoms with Gasteiger partial charge in [-0.1, -0.05) is 13.8 Å². The number of ether oxygens (including phenoxy) is 2. The zero-order chi connectivity index (χ0) is 18.2. The molecule has 0 atom stereocenters. The molecule has 0 spiro atoms. The Morgan fingerprint density at radius 1 is 1.04 bits per heavy atom. The molecule has 25 heavy (non-hydrogen) atoms. The van der Waals surface area contributed by atoms with Crippen molar-refractivity contribution in [3.05, 3.63) is 52.6 Å². The maximum absolute atomic E-state index is 10.8. The Morgan fingerprint density at radius 2 is 1.64 bits per heavy atom. The summed E-state index contributed by atoms with van der Waals surface area (Å²) in [5.74, 6) is 1.81. The highest BCUT2D eigenvalue weighted by molar-refractivity contribution is 5.61. The highest BCUT2D eigenvalue weighted by Gasteiger charge is 2.12. The fourth-order valence-corrected chi connectivity index (χ4v) is 2.33. The normalized spacial score (nSPS) is 10.7. The van der Waals surface area contributed by atoms with E-state index in [0.717, 1.165) is 25.4 Å². The third-order valence-corrected chi connectivity index (χ3v) is 3.83. The van der Waals surface area contributed by atoms with Crippen LogP contribution in [0.4, 0.5) is 11.4 Å². The van der Waals surface area contributed by atoms with Crippen LogP contribution in [0.2, 0.25) is 0 Å². The number of nitrogens with zero attached hydrogens (tertiary/aromatic N) is 2. The molecule has 0 unspecified atom stereocenters. The minimum atomic E-state index is -0.524. The summed E-state index contributed by atoms with van der Waals surface area (Å²) in [4.78, 5) is 12.5. The van der Waals surface area contributed by atoms with Crippen LogP contribution in [0.5, 0.6) is 17.2 Å². The van der Waals surface area contributed by atoms with Crippen LogP contribution in [0, 0.1) is 10.1 Å². The van der Waals surface area contributed by atoms with E-state index in [-0.39, 0.29) is 11.4 Å². The smallest absolute Gasteiger partial charge is 0.292 e. The molecule has 0 aliphatic heterocycles. The molecule has 0 aromatic heterocycles. The summed E-state index contributed by atoms with van der Waals surface area (Å²) < 4.78 is 11.4. The molecule has 0 saturated heterocycles. The van der Waals surface area contributed by atoms with Crippen LogP contribution < -0.4 is 15.2 Å². The van der Waals surface area contributed by atoms with Crippen molar-refractivity contribution >= 4 is 11.4 Å². The molecule has 0 saturated carbocycles. The molecular formula is C18H23N3O4. The lowest BCUT2D eigenvalue weighted by Crippen LogP contribution is -2.27. The van der Waals surface area contributed by atoms with Gasteiger partial charge in [-0.2, -0.15) is 0 Å². The highest BCUT2D eigenvalue weighted by atomic mass is 16.6. The largest absolute Gasteiger partial charge is 0.492 e. The average molecular weight is 345 g/mol. The van der Waals surface area contributed by atoms with Gasteiger partial charge in [-0.3, -0.25) is 10.1 Å². The maximum Gasteiger partial charge on any atom is 0.292 e. The molecule has 7 heteroatoms. The second-order valence-electron chi connectivity index (χ2n) is 5.43. The lowest BCUT2D eigenvalue weighted by molar-refractivity contribution is -0.383. The van der Waals surface area contributed by atoms with E-state index >= 15 is 0 Å². The van der Waals surface area contributed by atoms with Crippen LogP contribution in [0.1, 0.15) is 13.8 Å². The van der Waals surface area contributed by atoms with Gasteiger partial charge in [0, 0.05) is 18.7 Å². The Morgan fingerprint density at radius 3 is 2.20 bits per heavy atom. The summed E-state index contributed by atoms with van der Waals surface area (Å²) in [5.41, 5.74) is 5.59. The zero-order valence-corrected chi connectivity index (χ0v) is 14.5. The molecule has 0 heterocycles. The number of nitro groups is 1. The number of nitrogen functional groups attached to an aromatic ring is 1. The number of anilines is 1. The van der Waals surface area contributed by atoms with E-state index in [0.29, 0.717) is 18.1 Å². The zero-order valence-electron chi connectivity index (χ0n) is 14.5. The van der Waals surface area contributed by atoms with Crippen molar-refractivity contribution in [2.24, 2.45) is 0 Å². The number of hydrogen-bond acceptors (Lipinski definition) is 6. The van der Waals surface area contributed by atoms with Crippen LogP contribution >= 0.6 is 0 Å². The van der Waals surface area contributed by atoms with Crippen molar-refractivity contribution in [1.29, 1.82) is 0 Å². The van der Waals surface area contributed by atoms with Gasteiger partial charge in [0.25, 0.3) is 5.69 Å². The molecule has 0 radical (unpaired) electrons. The van der Waals surface area contributed by atoms with Crippen molar-refractivity contribution in [2.45, 2.75) is 13.8 Å². The van der Waals surface area contributed by atoms with Crippen molar-refractivity contribution in [3.63, 3.8) is 0 Å². The van der Waals surface area contributed by atoms with E-state index in [1.54, 1.807) is 12.1 Å². The number of nitro benzene ring substituents is 1. The standard InChI is InChI=1S/C18H23N3O4/c1-3-20(4-2)11-12-24-14-5-7-15(8-6-14)25-16-9-10-18(21(22)23)17(19)13-16/h5-10,13H,3-4,11-12,19H2,1-2H3. The Kier molecular flexibility index (Phi) is 6.59. The SMILES string of the molecule is CCN(CC)CCOc1ccc(Oc2ccc([N+](=O)[O-])c(N)c2)cc1. The van der Waals surface area contributed by atoms with Gasteiger partial charge in [-0.05, 0) is 43.4 Å². The molecule has 0 amide bonds. The van der Waals surface area contributed by atoms with Crippen LogP contribution in [-0.4, -0.2) is 36.1 Å². The summed E-state index contributed by atoms with van der Waals surface area (Å²) in [6.45, 7) is 7.77. The van der Waals surface area contributed by atoms with E-state index in [2.05, 4.69) is 18.7 Å². The Balaban J connectivity index is 1.92. The van der Waals surface area contributed by atoms with Gasteiger partial charge in [0.05, 0.1) is 4.92 Å². The van der Waals surface area contributed by atoms with Gasteiger partial charge in [-0.15, -0.1) is 0 Å². The van der Waals surface area contributed by atoms with Crippen molar-refractivity contribution < 1.29 is 14.4 Å². The predicted octanol–water partition coefficient (Wildman–Crippen LogP) is 3.69. The average Bonchev–Trinajstić information content (AvgIpc) is 2.60. The monoisotopic (exact) mass is 345 g/mol. The van der Waals surface area contributed by atoms with Crippen LogP contribution in [-0.2, 0) is 0 Å². The molecule has 0 aliphatic rings. The minimum Gasteiger partial charge on any atom is -0.492 e. The lowest BCUT2D eigenvalue weighted by atomic mass is 10.2. The second kappa shape index (κ2) is 8.89. The molecule has 0 aliphatic carbocycles. The molecular weight excluding hydrogens is 322 g/mol. The van der Waals surface area contributed by atoms with E-state index in [9.17, 15) is 10.1 Å². The number of rotatable bonds is 9. The molecule has 2 rings (SSSR count). The van der Waals surface area contributed by atoms with Gasteiger partial charge in [0.2, 0.25) is 0 Å². The molecule has 0 bridgehead atoms. The van der Waals surface area contributed by atoms with Crippen LogP contribution in [0.3, 0.4) is 0 Å². The summed E-state index contributed by atoms with van der Waals surface area (Å²) in [5, 5.41) is 10.8. The Labute approximate surface area is 147 Å². The van der Waals surface area contributed by atoms with Gasteiger partial charge < -0.3 is 20.1 Å². The first kappa shape index (κ1) is 18.5. The quantitative estimate of drug-likeness (QED) is 0.423. The lowest BCUT2D eigenvalue weighted by Gasteiger charge is -2.18. The van der Waals surface area contributed by atoms with Crippen LogP contribution in [0.15, 0.2) is 42.5 Å². The summed E-state index contributed by atoms with van der Waals surface area (Å²) in [6, 6.07) is 11.5. The molecule has 7 nitrogen and oxygen atoms in total. The number of nitrogens with two attached hydrogens (primary N) is 1. The van der Waals surface area contributed by atoms with Crippen molar-refractivity contribution in [1.82, 2.24) is 4.90 Å². The minimum absolute atomic E-state index is 0.0684. The number of likely N-dealkylation sites (N-methyl/N-ethyl adjacent to an activating group) is 1. The molecule has 2 aromatic rings. The summed E-state index contributed by atoms with van der Waals surface area (Å²) >= 11 is 0. The fourth-order valence-electron chi connectivity index (χ4n) is 2.33. The van der Waals surface area contributed by atoms with E-state index in [4.69, 9.17) is 15.2 Å². The van der Waals surface area contributed by atoms with Gasteiger partial charge >= 0.3 is 0 Å². The Bertz CT molecular complexity index is 700. The van der Waals surface area contributed by atoms with Gasteiger partial charge in [-0.25, -0.2) is 0 Å². The highest BCUT2D eigenvalue weighted by Crippen LogP contribution is 2.29. The molecule has 0 fully saturated rings. The number of hydrogen-bond donors (Lipinski definition) is 1. The molecule has 134 valence electrons. The van der Waals surface area contributed by atoms with Gasteiger partial charge in [0.1, 0.15) is 29.5 Å². The summed E-state index contributed by atoms with van der Waals surface area (Å²) in [6.07, 6.45) is 0. The maximum atomic E-state index is 10.8. The van der Waals surface area contributed by atoms with E-state index < -0.39 is 4.92 Å².